The average Bonchev–Trinajstić information content (AvgIpc) is 2.12. The van der Waals surface area contributed by atoms with Crippen molar-refractivity contribution in [2.75, 3.05) is 0 Å². The monoisotopic (exact) mass is 294 g/mol. The molecule has 1 heterocycles. The van der Waals surface area contributed by atoms with Crippen LogP contribution >= 0.6 is 15.9 Å². The molecule has 0 aromatic heterocycles. The summed E-state index contributed by atoms with van der Waals surface area (Å²) in [6.07, 6.45) is 2.24. The van der Waals surface area contributed by atoms with Gasteiger partial charge in [0.05, 0.1) is 0 Å². The van der Waals surface area contributed by atoms with Crippen LogP contribution in [0.25, 0.3) is 5.57 Å². The third-order valence-corrected chi connectivity index (χ3v) is 3.40. The van der Waals surface area contributed by atoms with Crippen LogP contribution in [0.1, 0.15) is 40.2 Å². The van der Waals surface area contributed by atoms with Crippen LogP contribution in [0.3, 0.4) is 0 Å². The summed E-state index contributed by atoms with van der Waals surface area (Å²) in [4.78, 5) is 0. The van der Waals surface area contributed by atoms with Crippen LogP contribution in [0.5, 0.6) is 5.75 Å². The van der Waals surface area contributed by atoms with Crippen molar-refractivity contribution in [3.8, 4) is 5.75 Å². The first kappa shape index (κ1) is 12.7. The number of hydrogen-bond donors (Lipinski definition) is 0. The Morgan fingerprint density at radius 1 is 1.18 bits per heavy atom. The summed E-state index contributed by atoms with van der Waals surface area (Å²) >= 11 is 3.50. The highest BCUT2D eigenvalue weighted by atomic mass is 79.9. The van der Waals surface area contributed by atoms with Gasteiger partial charge in [-0.2, -0.15) is 0 Å². The van der Waals surface area contributed by atoms with E-state index >= 15 is 0 Å². The molecule has 92 valence electrons. The van der Waals surface area contributed by atoms with Crippen molar-refractivity contribution in [1.29, 1.82) is 0 Å². The lowest BCUT2D eigenvalue weighted by atomic mass is 9.78. The van der Waals surface area contributed by atoms with Crippen molar-refractivity contribution in [2.24, 2.45) is 5.41 Å². The van der Waals surface area contributed by atoms with Gasteiger partial charge in [0.2, 0.25) is 0 Å². The largest absolute Gasteiger partial charge is 0.483 e. The van der Waals surface area contributed by atoms with E-state index in [9.17, 15) is 0 Å². The minimum atomic E-state index is -0.240. The Balaban J connectivity index is 2.62. The number of benzene rings is 1. The molecule has 0 unspecified atom stereocenters. The van der Waals surface area contributed by atoms with Crippen LogP contribution < -0.4 is 4.74 Å². The Bertz CT molecular complexity index is 478. The van der Waals surface area contributed by atoms with E-state index in [4.69, 9.17) is 4.74 Å². The van der Waals surface area contributed by atoms with Crippen LogP contribution in [-0.4, -0.2) is 5.60 Å². The lowest BCUT2D eigenvalue weighted by Crippen LogP contribution is -2.31. The molecule has 0 spiro atoms. The fourth-order valence-electron chi connectivity index (χ4n) is 2.16. The summed E-state index contributed by atoms with van der Waals surface area (Å²) < 4.78 is 7.08. The molecule has 0 aliphatic carbocycles. The number of hydrogen-bond acceptors (Lipinski definition) is 1. The molecule has 1 aromatic rings. The highest BCUT2D eigenvalue weighted by Crippen LogP contribution is 2.45. The Morgan fingerprint density at radius 3 is 2.41 bits per heavy atom. The molecule has 0 bridgehead atoms. The van der Waals surface area contributed by atoms with E-state index in [-0.39, 0.29) is 11.0 Å². The van der Waals surface area contributed by atoms with E-state index in [1.54, 1.807) is 0 Å². The van der Waals surface area contributed by atoms with Crippen LogP contribution in [0.4, 0.5) is 0 Å². The normalized spacial score (nSPS) is 18.1. The molecule has 0 atom stereocenters. The highest BCUT2D eigenvalue weighted by Gasteiger charge is 2.31. The van der Waals surface area contributed by atoms with Gasteiger partial charge >= 0.3 is 0 Å². The van der Waals surface area contributed by atoms with Crippen molar-refractivity contribution in [3.05, 3.63) is 34.3 Å². The summed E-state index contributed by atoms with van der Waals surface area (Å²) in [7, 11) is 0. The van der Waals surface area contributed by atoms with Crippen molar-refractivity contribution in [3.63, 3.8) is 0 Å². The van der Waals surface area contributed by atoms with Gasteiger partial charge in [-0.3, -0.25) is 0 Å². The molecule has 17 heavy (non-hydrogen) atoms. The van der Waals surface area contributed by atoms with Gasteiger partial charge in [-0.05, 0) is 49.1 Å². The van der Waals surface area contributed by atoms with Crippen molar-refractivity contribution < 1.29 is 4.74 Å². The summed E-state index contributed by atoms with van der Waals surface area (Å²) in [5.41, 5.74) is 2.45. The second kappa shape index (κ2) is 3.88. The molecule has 0 saturated heterocycles. The van der Waals surface area contributed by atoms with E-state index in [0.29, 0.717) is 0 Å². The maximum atomic E-state index is 6.02. The predicted octanol–water partition coefficient (Wildman–Crippen LogP) is 5.05. The highest BCUT2D eigenvalue weighted by molar-refractivity contribution is 9.10. The number of fused-ring (bicyclic) bond motifs is 1. The van der Waals surface area contributed by atoms with Gasteiger partial charge in [-0.15, -0.1) is 0 Å². The second-order valence-electron chi connectivity index (χ2n) is 6.15. The molecule has 0 amide bonds. The van der Waals surface area contributed by atoms with E-state index in [1.165, 1.54) is 11.1 Å². The molecule has 0 radical (unpaired) electrons. The first-order valence-corrected chi connectivity index (χ1v) is 6.71. The zero-order valence-electron chi connectivity index (χ0n) is 11.1. The maximum Gasteiger partial charge on any atom is 0.129 e. The number of ether oxygens (including phenoxy) is 1. The Hall–Kier alpha value is -0.760. The minimum absolute atomic E-state index is 0.129. The van der Waals surface area contributed by atoms with Gasteiger partial charge < -0.3 is 4.74 Å². The summed E-state index contributed by atoms with van der Waals surface area (Å²) in [6, 6.07) is 6.25. The van der Waals surface area contributed by atoms with E-state index in [2.05, 4.69) is 74.8 Å². The Labute approximate surface area is 112 Å². The quantitative estimate of drug-likeness (QED) is 0.651. The topological polar surface area (TPSA) is 9.23 Å². The predicted molar refractivity (Wildman–Crippen MR) is 76.3 cm³/mol. The zero-order valence-corrected chi connectivity index (χ0v) is 12.7. The van der Waals surface area contributed by atoms with Gasteiger partial charge in [-0.25, -0.2) is 0 Å². The second-order valence-corrected chi connectivity index (χ2v) is 7.07. The smallest absolute Gasteiger partial charge is 0.129 e. The lowest BCUT2D eigenvalue weighted by molar-refractivity contribution is 0.156. The van der Waals surface area contributed by atoms with Gasteiger partial charge in [-0.1, -0.05) is 36.7 Å². The molecule has 2 heteroatoms. The van der Waals surface area contributed by atoms with E-state index < -0.39 is 0 Å². The third kappa shape index (κ3) is 2.57. The SMILES string of the molecule is CC1(C)C=C(C(C)(C)C)c2ccc(Br)cc2O1. The number of allylic oxidation sites excluding steroid dienone is 1. The molecular formula is C15H19BrO. The van der Waals surface area contributed by atoms with Gasteiger partial charge in [0, 0.05) is 10.0 Å². The summed E-state index contributed by atoms with van der Waals surface area (Å²) in [5.74, 6) is 0.969. The molecule has 0 fully saturated rings. The van der Waals surface area contributed by atoms with Gasteiger partial charge in [0.15, 0.2) is 0 Å². The third-order valence-electron chi connectivity index (χ3n) is 2.91. The van der Waals surface area contributed by atoms with Crippen LogP contribution in [0.15, 0.2) is 28.7 Å². The Morgan fingerprint density at radius 2 is 1.82 bits per heavy atom. The first-order valence-electron chi connectivity index (χ1n) is 5.91. The molecule has 0 saturated carbocycles. The van der Waals surface area contributed by atoms with Crippen molar-refractivity contribution >= 4 is 21.5 Å². The summed E-state index contributed by atoms with van der Waals surface area (Å²) in [5, 5.41) is 0. The van der Waals surface area contributed by atoms with Gasteiger partial charge in [0.25, 0.3) is 0 Å². The molecule has 1 aromatic carbocycles. The fourth-order valence-corrected chi connectivity index (χ4v) is 2.50. The van der Waals surface area contributed by atoms with E-state index in [1.807, 2.05) is 0 Å². The fraction of sp³-hybridized carbons (Fsp3) is 0.467. The molecular weight excluding hydrogens is 276 g/mol. The minimum Gasteiger partial charge on any atom is -0.483 e. The standard InChI is InChI=1S/C15H19BrO/c1-14(2,3)12-9-15(4,5)17-13-8-10(16)6-7-11(12)13/h6-9H,1-5H3. The van der Waals surface area contributed by atoms with Crippen LogP contribution in [0.2, 0.25) is 0 Å². The maximum absolute atomic E-state index is 6.02. The van der Waals surface area contributed by atoms with Crippen molar-refractivity contribution in [2.45, 2.75) is 40.2 Å². The lowest BCUT2D eigenvalue weighted by Gasteiger charge is -2.36. The van der Waals surface area contributed by atoms with Crippen LogP contribution in [0, 0.1) is 5.41 Å². The summed E-state index contributed by atoms with van der Waals surface area (Å²) in [6.45, 7) is 10.9. The average molecular weight is 295 g/mol. The number of halogens is 1. The molecule has 1 nitrogen and oxygen atoms in total. The number of rotatable bonds is 0. The Kier molecular flexibility index (Phi) is 2.89. The zero-order chi connectivity index (χ0) is 12.8. The molecule has 1 aliphatic rings. The van der Waals surface area contributed by atoms with E-state index in [0.717, 1.165) is 10.2 Å². The molecule has 2 rings (SSSR count). The molecule has 0 N–H and O–H groups in total. The molecule has 1 aliphatic heterocycles. The van der Waals surface area contributed by atoms with Crippen LogP contribution in [-0.2, 0) is 0 Å². The van der Waals surface area contributed by atoms with Crippen molar-refractivity contribution in [1.82, 2.24) is 0 Å². The van der Waals surface area contributed by atoms with Gasteiger partial charge in [0.1, 0.15) is 11.4 Å². The first-order chi connectivity index (χ1) is 7.69.